The van der Waals surface area contributed by atoms with E-state index in [9.17, 15) is 4.79 Å². The minimum Gasteiger partial charge on any atom is -0.490 e. The molecule has 2 rings (SSSR count). The molecule has 1 N–H and O–H groups in total. The Labute approximate surface area is 75.3 Å². The molecule has 0 unspecified atom stereocenters. The van der Waals surface area contributed by atoms with Crippen LogP contribution in [-0.4, -0.2) is 30.4 Å². The van der Waals surface area contributed by atoms with Crippen molar-refractivity contribution in [2.45, 2.75) is 6.42 Å². The molecule has 0 aliphatic carbocycles. The molecule has 1 fully saturated rings. The molecular weight excluding hydrogens is 170 g/mol. The Morgan fingerprint density at radius 3 is 2.92 bits per heavy atom. The highest BCUT2D eigenvalue weighted by Gasteiger charge is 2.20. The molecule has 0 saturated carbocycles. The summed E-state index contributed by atoms with van der Waals surface area (Å²) in [7, 11) is 1.49. The highest BCUT2D eigenvalue weighted by atomic mass is 16.5. The first-order valence-corrected chi connectivity index (χ1v) is 4.19. The predicted octanol–water partition coefficient (Wildman–Crippen LogP) is -0.0114. The molecule has 13 heavy (non-hydrogen) atoms. The van der Waals surface area contributed by atoms with Crippen molar-refractivity contribution in [1.29, 1.82) is 0 Å². The zero-order chi connectivity index (χ0) is 9.26. The number of nitrogens with zero attached hydrogens (tertiary/aromatic N) is 2. The van der Waals surface area contributed by atoms with Crippen molar-refractivity contribution in [1.82, 2.24) is 10.2 Å². The summed E-state index contributed by atoms with van der Waals surface area (Å²) in [6.45, 7) is 1.95. The number of nitrogens with one attached hydrogen (secondary N) is 1. The van der Waals surface area contributed by atoms with Gasteiger partial charge in [-0.15, -0.1) is 0 Å². The van der Waals surface area contributed by atoms with E-state index in [1.807, 2.05) is 0 Å². The second-order valence-electron chi connectivity index (χ2n) is 2.96. The van der Waals surface area contributed by atoms with Crippen LogP contribution in [-0.2, 0) is 0 Å². The topological polar surface area (TPSA) is 58.2 Å². The molecular formula is C8H11N3O2. The summed E-state index contributed by atoms with van der Waals surface area (Å²) in [6.07, 6.45) is 2.79. The number of aromatic amines is 1. The third-order valence-electron chi connectivity index (χ3n) is 2.19. The van der Waals surface area contributed by atoms with E-state index in [4.69, 9.17) is 4.74 Å². The van der Waals surface area contributed by atoms with Crippen molar-refractivity contribution >= 4 is 5.69 Å². The van der Waals surface area contributed by atoms with Crippen LogP contribution < -0.4 is 15.2 Å². The van der Waals surface area contributed by atoms with Crippen LogP contribution in [0.2, 0.25) is 0 Å². The first kappa shape index (κ1) is 8.10. The van der Waals surface area contributed by atoms with Crippen LogP contribution in [0.4, 0.5) is 5.69 Å². The number of ether oxygens (including phenoxy) is 1. The lowest BCUT2D eigenvalue weighted by atomic mass is 10.2. The zero-order valence-electron chi connectivity index (χ0n) is 7.41. The lowest BCUT2D eigenvalue weighted by molar-refractivity contribution is 0.403. The second kappa shape index (κ2) is 3.08. The van der Waals surface area contributed by atoms with Gasteiger partial charge in [0.25, 0.3) is 0 Å². The molecule has 1 saturated heterocycles. The molecule has 0 atom stereocenters. The largest absolute Gasteiger partial charge is 0.490 e. The smallest absolute Gasteiger partial charge is 0.308 e. The van der Waals surface area contributed by atoms with Gasteiger partial charge in [-0.05, 0) is 6.42 Å². The number of H-pyrrole nitrogens is 1. The molecule has 5 heteroatoms. The first-order valence-electron chi connectivity index (χ1n) is 4.19. The summed E-state index contributed by atoms with van der Waals surface area (Å²) in [5.74, 6) is 0.356. The van der Waals surface area contributed by atoms with Crippen LogP contribution in [0.5, 0.6) is 5.75 Å². The van der Waals surface area contributed by atoms with Crippen molar-refractivity contribution < 1.29 is 4.74 Å². The van der Waals surface area contributed by atoms with E-state index < -0.39 is 0 Å². The molecule has 1 aromatic heterocycles. The van der Waals surface area contributed by atoms with Gasteiger partial charge in [0, 0.05) is 13.1 Å². The number of anilines is 1. The highest BCUT2D eigenvalue weighted by molar-refractivity contribution is 5.56. The lowest BCUT2D eigenvalue weighted by Crippen LogP contribution is -2.38. The van der Waals surface area contributed by atoms with Crippen LogP contribution in [0.3, 0.4) is 0 Å². The predicted molar refractivity (Wildman–Crippen MR) is 48.2 cm³/mol. The number of aromatic nitrogens is 2. The van der Waals surface area contributed by atoms with Crippen LogP contribution in [0.1, 0.15) is 6.42 Å². The molecule has 0 spiro atoms. The number of rotatable bonds is 2. The minimum absolute atomic E-state index is 0.271. The summed E-state index contributed by atoms with van der Waals surface area (Å²) in [6, 6.07) is 0. The Bertz CT molecular complexity index is 357. The van der Waals surface area contributed by atoms with Crippen molar-refractivity contribution in [3.63, 3.8) is 0 Å². The van der Waals surface area contributed by atoms with E-state index >= 15 is 0 Å². The molecule has 0 aromatic carbocycles. The van der Waals surface area contributed by atoms with Crippen molar-refractivity contribution in [3.8, 4) is 5.75 Å². The van der Waals surface area contributed by atoms with E-state index in [2.05, 4.69) is 15.1 Å². The number of hydrogen-bond acceptors (Lipinski definition) is 4. The Morgan fingerprint density at radius 1 is 1.62 bits per heavy atom. The van der Waals surface area contributed by atoms with E-state index in [0.717, 1.165) is 25.2 Å². The normalized spacial score (nSPS) is 15.3. The maximum Gasteiger partial charge on any atom is 0.308 e. The third kappa shape index (κ3) is 1.26. The Morgan fingerprint density at radius 2 is 2.38 bits per heavy atom. The summed E-state index contributed by atoms with van der Waals surface area (Å²) >= 11 is 0. The molecule has 1 aliphatic heterocycles. The monoisotopic (exact) mass is 181 g/mol. The van der Waals surface area contributed by atoms with Crippen molar-refractivity contribution in [3.05, 3.63) is 16.6 Å². The molecule has 0 bridgehead atoms. The average Bonchev–Trinajstić information content (AvgIpc) is 2.01. The van der Waals surface area contributed by atoms with Gasteiger partial charge >= 0.3 is 5.56 Å². The van der Waals surface area contributed by atoms with Gasteiger partial charge in [0.1, 0.15) is 5.69 Å². The molecule has 1 aliphatic rings. The third-order valence-corrected chi connectivity index (χ3v) is 2.19. The summed E-state index contributed by atoms with van der Waals surface area (Å²) < 4.78 is 5.01. The number of methoxy groups -OCH3 is 1. The van der Waals surface area contributed by atoms with Gasteiger partial charge < -0.3 is 9.64 Å². The molecule has 2 heterocycles. The average molecular weight is 181 g/mol. The standard InChI is InChI=1S/C8H11N3O2/c1-13-7-6(11-3-2-4-11)5-9-10-8(7)12/h5H,2-4H2,1H3,(H,10,12). The fourth-order valence-electron chi connectivity index (χ4n) is 1.36. The summed E-state index contributed by atoms with van der Waals surface area (Å²) in [5.41, 5.74) is 0.518. The zero-order valence-corrected chi connectivity index (χ0v) is 7.41. The van der Waals surface area contributed by atoms with E-state index in [1.165, 1.54) is 7.11 Å². The molecule has 5 nitrogen and oxygen atoms in total. The van der Waals surface area contributed by atoms with Crippen molar-refractivity contribution in [2.75, 3.05) is 25.1 Å². The molecule has 1 aromatic rings. The fraction of sp³-hybridized carbons (Fsp3) is 0.500. The van der Waals surface area contributed by atoms with Crippen LogP contribution in [0.25, 0.3) is 0 Å². The van der Waals surface area contributed by atoms with Crippen LogP contribution in [0, 0.1) is 0 Å². The Balaban J connectivity index is 2.42. The van der Waals surface area contributed by atoms with E-state index in [1.54, 1.807) is 6.20 Å². The van der Waals surface area contributed by atoms with Crippen LogP contribution in [0.15, 0.2) is 11.0 Å². The van der Waals surface area contributed by atoms with Crippen molar-refractivity contribution in [2.24, 2.45) is 0 Å². The van der Waals surface area contributed by atoms with Gasteiger partial charge in [-0.1, -0.05) is 0 Å². The van der Waals surface area contributed by atoms with Gasteiger partial charge in [-0.25, -0.2) is 5.10 Å². The molecule has 0 amide bonds. The quantitative estimate of drug-likeness (QED) is 0.697. The molecule has 0 radical (unpaired) electrons. The number of hydrogen-bond donors (Lipinski definition) is 1. The van der Waals surface area contributed by atoms with Crippen LogP contribution >= 0.6 is 0 Å². The van der Waals surface area contributed by atoms with E-state index in [0.29, 0.717) is 5.75 Å². The van der Waals surface area contributed by atoms with Gasteiger partial charge in [0.15, 0.2) is 0 Å². The fourth-order valence-corrected chi connectivity index (χ4v) is 1.36. The second-order valence-corrected chi connectivity index (χ2v) is 2.96. The summed E-state index contributed by atoms with van der Waals surface area (Å²) in [5, 5.41) is 6.07. The Kier molecular flexibility index (Phi) is 1.92. The highest BCUT2D eigenvalue weighted by Crippen LogP contribution is 2.26. The van der Waals surface area contributed by atoms with Gasteiger partial charge in [0.05, 0.1) is 13.3 Å². The van der Waals surface area contributed by atoms with Gasteiger partial charge in [-0.2, -0.15) is 5.10 Å². The summed E-state index contributed by atoms with van der Waals surface area (Å²) in [4.78, 5) is 13.3. The van der Waals surface area contributed by atoms with Gasteiger partial charge in [-0.3, -0.25) is 4.79 Å². The Hall–Kier alpha value is -1.52. The van der Waals surface area contributed by atoms with E-state index in [-0.39, 0.29) is 5.56 Å². The lowest BCUT2D eigenvalue weighted by Gasteiger charge is -2.33. The molecule has 70 valence electrons. The minimum atomic E-state index is -0.271. The van der Waals surface area contributed by atoms with Gasteiger partial charge in [0.2, 0.25) is 5.75 Å². The SMILES string of the molecule is COc1c(N2CCC2)cn[nH]c1=O. The maximum atomic E-state index is 11.2. The first-order chi connectivity index (χ1) is 6.33. The maximum absolute atomic E-state index is 11.2.